The van der Waals surface area contributed by atoms with Crippen LogP contribution in [0.15, 0.2) is 231 Å². The molecular weight excluding hydrogens is 677 g/mol. The van der Waals surface area contributed by atoms with Crippen LogP contribution in [-0.4, -0.2) is 4.57 Å². The van der Waals surface area contributed by atoms with E-state index in [0.29, 0.717) is 0 Å². The number of nitrogens with zero attached hydrogens (tertiary/aromatic N) is 2. The molecule has 9 aromatic carbocycles. The van der Waals surface area contributed by atoms with E-state index in [9.17, 15) is 0 Å². The van der Waals surface area contributed by atoms with Crippen molar-refractivity contribution in [2.75, 3.05) is 4.90 Å². The zero-order valence-electron chi connectivity index (χ0n) is 30.8. The topological polar surface area (TPSA) is 8.17 Å². The number of hydrogen-bond acceptors (Lipinski definition) is 1. The van der Waals surface area contributed by atoms with Crippen molar-refractivity contribution in [1.29, 1.82) is 0 Å². The zero-order chi connectivity index (χ0) is 37.3. The summed E-state index contributed by atoms with van der Waals surface area (Å²) in [5, 5.41) is 2.46. The van der Waals surface area contributed by atoms with Crippen LogP contribution in [0.1, 0.15) is 0 Å². The van der Waals surface area contributed by atoms with Gasteiger partial charge in [-0.1, -0.05) is 176 Å². The monoisotopic (exact) mass is 714 g/mol. The molecule has 0 aliphatic rings. The first-order valence-electron chi connectivity index (χ1n) is 19.2. The van der Waals surface area contributed by atoms with Crippen LogP contribution in [-0.2, 0) is 0 Å². The van der Waals surface area contributed by atoms with E-state index in [-0.39, 0.29) is 0 Å². The summed E-state index contributed by atoms with van der Waals surface area (Å²) in [6.45, 7) is 0. The van der Waals surface area contributed by atoms with Gasteiger partial charge in [-0.05, 0) is 93.5 Å². The van der Waals surface area contributed by atoms with E-state index in [0.717, 1.165) is 39.4 Å². The maximum Gasteiger partial charge on any atom is 0.0561 e. The number of hydrogen-bond donors (Lipinski definition) is 0. The number of aromatic nitrogens is 1. The van der Waals surface area contributed by atoms with Crippen molar-refractivity contribution in [1.82, 2.24) is 4.57 Å². The van der Waals surface area contributed by atoms with Crippen LogP contribution in [0.5, 0.6) is 0 Å². The first-order valence-corrected chi connectivity index (χ1v) is 19.2. The summed E-state index contributed by atoms with van der Waals surface area (Å²) in [6, 6.07) is 83.1. The van der Waals surface area contributed by atoms with Crippen LogP contribution < -0.4 is 4.90 Å². The average Bonchev–Trinajstić information content (AvgIpc) is 3.62. The lowest BCUT2D eigenvalue weighted by atomic mass is 9.94. The molecule has 0 amide bonds. The van der Waals surface area contributed by atoms with Crippen LogP contribution in [0.25, 0.3) is 72.0 Å². The summed E-state index contributed by atoms with van der Waals surface area (Å²) in [6.07, 6.45) is 0. The molecule has 0 aliphatic heterocycles. The summed E-state index contributed by atoms with van der Waals surface area (Å²) in [5.74, 6) is 0. The van der Waals surface area contributed by atoms with Gasteiger partial charge in [-0.2, -0.15) is 0 Å². The zero-order valence-corrected chi connectivity index (χ0v) is 30.8. The van der Waals surface area contributed by atoms with Gasteiger partial charge in [0.05, 0.1) is 16.7 Å². The number of rotatable bonds is 8. The largest absolute Gasteiger partial charge is 0.310 e. The summed E-state index contributed by atoms with van der Waals surface area (Å²) < 4.78 is 2.40. The Balaban J connectivity index is 1.20. The molecule has 0 bridgehead atoms. The van der Waals surface area contributed by atoms with Crippen molar-refractivity contribution in [3.8, 4) is 50.2 Å². The highest BCUT2D eigenvalue weighted by Gasteiger charge is 2.21. The second-order valence-electron chi connectivity index (χ2n) is 14.1. The van der Waals surface area contributed by atoms with Crippen LogP contribution in [0.4, 0.5) is 17.1 Å². The molecule has 0 radical (unpaired) electrons. The normalized spacial score (nSPS) is 11.2. The SMILES string of the molecule is c1ccc(-c2ccc(N(c3ccc(-c4ccccc4-c4ccccc4)cc3)c3ccc4c5ccccc5n(-c5ccccc5)c4c3)c(-c3ccccc3)c2)cc1. The average molecular weight is 715 g/mol. The maximum absolute atomic E-state index is 2.43. The van der Waals surface area contributed by atoms with Crippen molar-refractivity contribution in [2.24, 2.45) is 0 Å². The van der Waals surface area contributed by atoms with Gasteiger partial charge in [-0.25, -0.2) is 0 Å². The Bertz CT molecular complexity index is 2930. The molecule has 56 heavy (non-hydrogen) atoms. The predicted octanol–water partition coefficient (Wildman–Crippen LogP) is 14.9. The highest BCUT2D eigenvalue weighted by atomic mass is 15.1. The van der Waals surface area contributed by atoms with E-state index in [4.69, 9.17) is 0 Å². The number of para-hydroxylation sites is 2. The van der Waals surface area contributed by atoms with Crippen LogP contribution >= 0.6 is 0 Å². The molecule has 0 N–H and O–H groups in total. The highest BCUT2D eigenvalue weighted by Crippen LogP contribution is 2.45. The van der Waals surface area contributed by atoms with E-state index in [2.05, 4.69) is 240 Å². The third-order valence-electron chi connectivity index (χ3n) is 10.8. The van der Waals surface area contributed by atoms with Gasteiger partial charge in [-0.3, -0.25) is 0 Å². The summed E-state index contributed by atoms with van der Waals surface area (Å²) >= 11 is 0. The molecule has 264 valence electrons. The Hall–Kier alpha value is -7.42. The molecular formula is C54H38N2. The van der Waals surface area contributed by atoms with Crippen LogP contribution in [0.2, 0.25) is 0 Å². The molecule has 10 aromatic rings. The van der Waals surface area contributed by atoms with Gasteiger partial charge < -0.3 is 9.47 Å². The Morgan fingerprint density at radius 1 is 0.286 bits per heavy atom. The van der Waals surface area contributed by atoms with Gasteiger partial charge in [0.2, 0.25) is 0 Å². The van der Waals surface area contributed by atoms with Gasteiger partial charge in [0, 0.05) is 33.4 Å². The first-order chi connectivity index (χ1) is 27.8. The van der Waals surface area contributed by atoms with Gasteiger partial charge in [0.25, 0.3) is 0 Å². The second-order valence-corrected chi connectivity index (χ2v) is 14.1. The molecule has 10 rings (SSSR count). The van der Waals surface area contributed by atoms with Crippen molar-refractivity contribution in [2.45, 2.75) is 0 Å². The second kappa shape index (κ2) is 14.4. The van der Waals surface area contributed by atoms with E-state index in [1.165, 1.54) is 49.7 Å². The number of fused-ring (bicyclic) bond motifs is 3. The minimum Gasteiger partial charge on any atom is -0.310 e. The predicted molar refractivity (Wildman–Crippen MR) is 237 cm³/mol. The highest BCUT2D eigenvalue weighted by molar-refractivity contribution is 6.10. The number of benzene rings is 9. The van der Waals surface area contributed by atoms with Gasteiger partial charge >= 0.3 is 0 Å². The Kier molecular flexibility index (Phi) is 8.55. The smallest absolute Gasteiger partial charge is 0.0561 e. The summed E-state index contributed by atoms with van der Waals surface area (Å²) in [4.78, 5) is 2.43. The first kappa shape index (κ1) is 33.2. The summed E-state index contributed by atoms with van der Waals surface area (Å²) in [5.41, 5.74) is 16.3. The Morgan fingerprint density at radius 2 is 0.768 bits per heavy atom. The quantitative estimate of drug-likeness (QED) is 0.152. The maximum atomic E-state index is 2.43. The van der Waals surface area contributed by atoms with Gasteiger partial charge in [0.1, 0.15) is 0 Å². The molecule has 2 nitrogen and oxygen atoms in total. The third-order valence-corrected chi connectivity index (χ3v) is 10.8. The third kappa shape index (κ3) is 6.04. The molecule has 0 atom stereocenters. The summed E-state index contributed by atoms with van der Waals surface area (Å²) in [7, 11) is 0. The molecule has 0 unspecified atom stereocenters. The molecule has 1 heterocycles. The molecule has 0 saturated heterocycles. The van der Waals surface area contributed by atoms with E-state index < -0.39 is 0 Å². The van der Waals surface area contributed by atoms with Crippen molar-refractivity contribution in [3.63, 3.8) is 0 Å². The van der Waals surface area contributed by atoms with Crippen molar-refractivity contribution in [3.05, 3.63) is 231 Å². The minimum atomic E-state index is 1.08. The standard InChI is InChI=1S/C54H38N2/c1-5-17-39(18-6-1)43-31-36-53(51(37-43)41-21-9-3-10-22-41)55(45-32-29-42(30-33-45)48-26-14-13-25-47(48)40-19-7-2-8-20-40)46-34-35-50-49-27-15-16-28-52(49)56(54(50)38-46)44-23-11-4-12-24-44/h1-38H. The van der Waals surface area contributed by atoms with E-state index in [1.54, 1.807) is 0 Å². The molecule has 1 aromatic heterocycles. The minimum absolute atomic E-state index is 1.08. The fourth-order valence-corrected chi connectivity index (χ4v) is 8.16. The van der Waals surface area contributed by atoms with Gasteiger partial charge in [-0.15, -0.1) is 0 Å². The van der Waals surface area contributed by atoms with E-state index >= 15 is 0 Å². The molecule has 0 fully saturated rings. The van der Waals surface area contributed by atoms with Crippen molar-refractivity contribution < 1.29 is 0 Å². The van der Waals surface area contributed by atoms with Crippen LogP contribution in [0, 0.1) is 0 Å². The van der Waals surface area contributed by atoms with E-state index in [1.807, 2.05) is 0 Å². The molecule has 0 spiro atoms. The Labute approximate surface area is 327 Å². The lowest BCUT2D eigenvalue weighted by molar-refractivity contribution is 1.18. The Morgan fingerprint density at radius 3 is 1.43 bits per heavy atom. The lowest BCUT2D eigenvalue weighted by Gasteiger charge is -2.29. The molecule has 0 saturated carbocycles. The van der Waals surface area contributed by atoms with Crippen LogP contribution in [0.3, 0.4) is 0 Å². The fraction of sp³-hybridized carbons (Fsp3) is 0. The van der Waals surface area contributed by atoms with Crippen molar-refractivity contribution >= 4 is 38.9 Å². The molecule has 2 heteroatoms. The van der Waals surface area contributed by atoms with Gasteiger partial charge in [0.15, 0.2) is 0 Å². The molecule has 0 aliphatic carbocycles. The number of anilines is 3. The lowest BCUT2D eigenvalue weighted by Crippen LogP contribution is -2.11. The fourth-order valence-electron chi connectivity index (χ4n) is 8.16.